The van der Waals surface area contributed by atoms with E-state index >= 15 is 0 Å². The number of nitrogens with two attached hydrogens (primary N) is 1. The number of nitrogens with one attached hydrogen (secondary N) is 2. The normalized spacial score (nSPS) is 10.6. The highest BCUT2D eigenvalue weighted by molar-refractivity contribution is 5.85. The van der Waals surface area contributed by atoms with Crippen LogP contribution in [0.15, 0.2) is 24.3 Å². The molecular weight excluding hydrogens is 368 g/mol. The fraction of sp³-hybridized carbons (Fsp3) is 0.476. The van der Waals surface area contributed by atoms with Crippen LogP contribution in [-0.4, -0.2) is 43.6 Å². The second-order valence-corrected chi connectivity index (χ2v) is 6.80. The van der Waals surface area contributed by atoms with Crippen LogP contribution < -0.4 is 26.0 Å². The van der Waals surface area contributed by atoms with Crippen molar-refractivity contribution in [1.29, 1.82) is 0 Å². The molecule has 1 aromatic carbocycles. The van der Waals surface area contributed by atoms with E-state index in [1.54, 1.807) is 7.05 Å². The molecule has 0 atom stereocenters. The summed E-state index contributed by atoms with van der Waals surface area (Å²) in [6.45, 7) is 3.95. The second-order valence-electron chi connectivity index (χ2n) is 6.80. The van der Waals surface area contributed by atoms with Gasteiger partial charge in [-0.05, 0) is 44.0 Å². The van der Waals surface area contributed by atoms with Crippen molar-refractivity contribution in [2.24, 2.45) is 0 Å². The minimum atomic E-state index is 0.177. The number of hydrogen-bond acceptors (Lipinski definition) is 7. The van der Waals surface area contributed by atoms with Crippen molar-refractivity contribution in [3.8, 4) is 6.01 Å². The zero-order chi connectivity index (χ0) is 21.1. The Morgan fingerprint density at radius 1 is 1.14 bits per heavy atom. The van der Waals surface area contributed by atoms with Crippen molar-refractivity contribution in [2.45, 2.75) is 39.2 Å². The van der Waals surface area contributed by atoms with Gasteiger partial charge in [0.15, 0.2) is 11.6 Å². The molecule has 0 aliphatic rings. The molecule has 0 radical (unpaired) electrons. The minimum Gasteiger partial charge on any atom is -0.463 e. The van der Waals surface area contributed by atoms with Gasteiger partial charge in [0.2, 0.25) is 6.41 Å². The first-order valence-electron chi connectivity index (χ1n) is 10.0. The van der Waals surface area contributed by atoms with Crippen LogP contribution in [0.4, 0.5) is 17.3 Å². The zero-order valence-corrected chi connectivity index (χ0v) is 17.6. The van der Waals surface area contributed by atoms with Crippen molar-refractivity contribution in [1.82, 2.24) is 15.3 Å². The van der Waals surface area contributed by atoms with Gasteiger partial charge in [-0.1, -0.05) is 37.6 Å². The van der Waals surface area contributed by atoms with Gasteiger partial charge in [0.25, 0.3) is 0 Å². The van der Waals surface area contributed by atoms with Gasteiger partial charge in [-0.25, -0.2) is 0 Å². The Bertz CT molecular complexity index is 767. The average molecular weight is 401 g/mol. The quantitative estimate of drug-likeness (QED) is 0.350. The SMILES string of the molecule is CCCCOc1nc(N)c(NC)c(N(C=O)Cc2ccc(CCCNC)cc2)n1. The number of nitrogens with zero attached hydrogens (tertiary/aromatic N) is 3. The molecule has 0 saturated carbocycles. The molecule has 29 heavy (non-hydrogen) atoms. The summed E-state index contributed by atoms with van der Waals surface area (Å²) < 4.78 is 5.60. The van der Waals surface area contributed by atoms with E-state index in [2.05, 4.69) is 39.7 Å². The van der Waals surface area contributed by atoms with Crippen LogP contribution in [0.1, 0.15) is 37.3 Å². The van der Waals surface area contributed by atoms with Crippen molar-refractivity contribution < 1.29 is 9.53 Å². The molecule has 0 aliphatic heterocycles. The molecule has 0 spiro atoms. The van der Waals surface area contributed by atoms with E-state index in [1.807, 2.05) is 19.2 Å². The number of carbonyl (C=O) groups is 1. The van der Waals surface area contributed by atoms with E-state index in [9.17, 15) is 4.79 Å². The van der Waals surface area contributed by atoms with E-state index in [-0.39, 0.29) is 11.8 Å². The van der Waals surface area contributed by atoms with Gasteiger partial charge in [0.1, 0.15) is 5.69 Å². The fourth-order valence-corrected chi connectivity index (χ4v) is 2.90. The third-order valence-electron chi connectivity index (χ3n) is 4.54. The summed E-state index contributed by atoms with van der Waals surface area (Å²) in [7, 11) is 3.68. The Balaban J connectivity index is 2.18. The molecule has 0 unspecified atom stereocenters. The predicted octanol–water partition coefficient (Wildman–Crippen LogP) is 2.59. The second kappa shape index (κ2) is 11.9. The smallest absolute Gasteiger partial charge is 0.320 e. The predicted molar refractivity (Wildman–Crippen MR) is 117 cm³/mol. The summed E-state index contributed by atoms with van der Waals surface area (Å²) in [6.07, 6.45) is 4.75. The molecule has 2 rings (SSSR count). The van der Waals surface area contributed by atoms with E-state index in [4.69, 9.17) is 10.5 Å². The number of carbonyl (C=O) groups excluding carboxylic acids is 1. The molecule has 8 nitrogen and oxygen atoms in total. The number of rotatable bonds is 13. The lowest BCUT2D eigenvalue weighted by molar-refractivity contribution is -0.107. The summed E-state index contributed by atoms with van der Waals surface area (Å²) in [4.78, 5) is 22.0. The highest BCUT2D eigenvalue weighted by atomic mass is 16.5. The Kier molecular flexibility index (Phi) is 9.17. The van der Waals surface area contributed by atoms with Crippen LogP contribution in [0.3, 0.4) is 0 Å². The minimum absolute atomic E-state index is 0.177. The van der Waals surface area contributed by atoms with Gasteiger partial charge >= 0.3 is 6.01 Å². The maximum absolute atomic E-state index is 11.9. The first-order chi connectivity index (χ1) is 14.1. The molecule has 158 valence electrons. The standard InChI is InChI=1S/C21H32N6O2/c1-4-5-13-29-21-25-19(22)18(24-3)20(26-21)27(15-28)14-17-10-8-16(9-11-17)7-6-12-23-2/h8-11,15,23-24H,4-7,12-14H2,1-3H3,(H2,22,25,26). The maximum atomic E-state index is 11.9. The molecule has 0 fully saturated rings. The monoisotopic (exact) mass is 400 g/mol. The number of unbranched alkanes of at least 4 members (excludes halogenated alkanes) is 1. The van der Waals surface area contributed by atoms with Crippen LogP contribution >= 0.6 is 0 Å². The van der Waals surface area contributed by atoms with Gasteiger partial charge in [-0.2, -0.15) is 9.97 Å². The molecular formula is C21H32N6O2. The molecule has 4 N–H and O–H groups in total. The Morgan fingerprint density at radius 3 is 2.48 bits per heavy atom. The number of ether oxygens (including phenoxy) is 1. The van der Waals surface area contributed by atoms with Crippen LogP contribution in [-0.2, 0) is 17.8 Å². The third-order valence-corrected chi connectivity index (χ3v) is 4.54. The van der Waals surface area contributed by atoms with Crippen molar-refractivity contribution in [2.75, 3.05) is 43.2 Å². The van der Waals surface area contributed by atoms with Gasteiger partial charge in [-0.15, -0.1) is 0 Å². The van der Waals surface area contributed by atoms with Crippen molar-refractivity contribution in [3.63, 3.8) is 0 Å². The van der Waals surface area contributed by atoms with E-state index in [1.165, 1.54) is 10.5 Å². The van der Waals surface area contributed by atoms with Crippen LogP contribution in [0, 0.1) is 0 Å². The topological polar surface area (TPSA) is 105 Å². The van der Waals surface area contributed by atoms with Crippen LogP contribution in [0.25, 0.3) is 0 Å². The first kappa shape index (κ1) is 22.4. The van der Waals surface area contributed by atoms with Crippen molar-refractivity contribution in [3.05, 3.63) is 35.4 Å². The lowest BCUT2D eigenvalue weighted by Crippen LogP contribution is -2.24. The number of anilines is 3. The van der Waals surface area contributed by atoms with Crippen LogP contribution in [0.5, 0.6) is 6.01 Å². The summed E-state index contributed by atoms with van der Waals surface area (Å²) in [5, 5.41) is 6.14. The maximum Gasteiger partial charge on any atom is 0.320 e. The molecule has 2 aromatic rings. The number of benzene rings is 1. The number of aryl methyl sites for hydroxylation is 1. The van der Waals surface area contributed by atoms with Gasteiger partial charge in [0.05, 0.1) is 13.2 Å². The molecule has 0 bridgehead atoms. The molecule has 0 saturated heterocycles. The van der Waals surface area contributed by atoms with Gasteiger partial charge in [-0.3, -0.25) is 9.69 Å². The van der Waals surface area contributed by atoms with Crippen molar-refractivity contribution >= 4 is 23.7 Å². The average Bonchev–Trinajstić information content (AvgIpc) is 2.73. The summed E-state index contributed by atoms with van der Waals surface area (Å²) in [5.41, 5.74) is 8.84. The number of aromatic nitrogens is 2. The first-order valence-corrected chi connectivity index (χ1v) is 10.0. The molecule has 1 aromatic heterocycles. The highest BCUT2D eigenvalue weighted by Gasteiger charge is 2.18. The van der Waals surface area contributed by atoms with Crippen LogP contribution in [0.2, 0.25) is 0 Å². The largest absolute Gasteiger partial charge is 0.463 e. The summed E-state index contributed by atoms with van der Waals surface area (Å²) >= 11 is 0. The molecule has 0 aliphatic carbocycles. The number of amides is 1. The third kappa shape index (κ3) is 6.60. The Labute approximate surface area is 172 Å². The highest BCUT2D eigenvalue weighted by Crippen LogP contribution is 2.30. The van der Waals surface area contributed by atoms with E-state index < -0.39 is 0 Å². The Morgan fingerprint density at radius 2 is 1.86 bits per heavy atom. The molecule has 1 amide bonds. The zero-order valence-electron chi connectivity index (χ0n) is 17.6. The molecule has 8 heteroatoms. The van der Waals surface area contributed by atoms with E-state index in [0.717, 1.165) is 44.2 Å². The van der Waals surface area contributed by atoms with Gasteiger partial charge < -0.3 is 21.1 Å². The van der Waals surface area contributed by atoms with Gasteiger partial charge in [0, 0.05) is 7.05 Å². The fourth-order valence-electron chi connectivity index (χ4n) is 2.90. The van der Waals surface area contributed by atoms with E-state index in [0.29, 0.717) is 24.7 Å². The number of hydrogen-bond donors (Lipinski definition) is 3. The molecule has 1 heterocycles. The lowest BCUT2D eigenvalue weighted by Gasteiger charge is -2.21. The lowest BCUT2D eigenvalue weighted by atomic mass is 10.1. The number of nitrogen functional groups attached to an aromatic ring is 1. The Hall–Kier alpha value is -2.87. The summed E-state index contributed by atoms with van der Waals surface area (Å²) in [6, 6.07) is 8.44. The summed E-state index contributed by atoms with van der Waals surface area (Å²) in [5.74, 6) is 0.648.